The van der Waals surface area contributed by atoms with Gasteiger partial charge in [-0.1, -0.05) is 25.3 Å². The molecule has 0 radical (unpaired) electrons. The zero-order chi connectivity index (χ0) is 17.8. The van der Waals surface area contributed by atoms with Crippen molar-refractivity contribution in [3.63, 3.8) is 0 Å². The Morgan fingerprint density at radius 3 is 2.81 bits per heavy atom. The van der Waals surface area contributed by atoms with Crippen LogP contribution < -0.4 is 15.4 Å². The van der Waals surface area contributed by atoms with Gasteiger partial charge in [0.2, 0.25) is 5.91 Å². The van der Waals surface area contributed by atoms with Gasteiger partial charge < -0.3 is 15.4 Å². The molecule has 2 atom stereocenters. The van der Waals surface area contributed by atoms with Crippen molar-refractivity contribution >= 4 is 5.91 Å². The van der Waals surface area contributed by atoms with E-state index in [0.29, 0.717) is 18.6 Å². The number of hydrogen-bond acceptors (Lipinski definition) is 3. The van der Waals surface area contributed by atoms with Crippen LogP contribution in [0.4, 0.5) is 0 Å². The molecule has 3 aliphatic rings. The minimum absolute atomic E-state index is 0.0827. The van der Waals surface area contributed by atoms with E-state index in [1.54, 1.807) is 0 Å². The lowest BCUT2D eigenvalue weighted by atomic mass is 9.89. The Kier molecular flexibility index (Phi) is 5.78. The van der Waals surface area contributed by atoms with E-state index in [0.717, 1.165) is 38.1 Å². The summed E-state index contributed by atoms with van der Waals surface area (Å²) in [6, 6.07) is 6.94. The summed E-state index contributed by atoms with van der Waals surface area (Å²) in [7, 11) is 0. The minimum Gasteiger partial charge on any atom is -0.493 e. The van der Waals surface area contributed by atoms with Crippen molar-refractivity contribution in [2.45, 2.75) is 63.8 Å². The lowest BCUT2D eigenvalue weighted by Crippen LogP contribution is -2.48. The topological polar surface area (TPSA) is 50.4 Å². The van der Waals surface area contributed by atoms with Crippen LogP contribution in [0, 0.1) is 11.8 Å². The molecular formula is C22H32N2O2. The predicted octanol–water partition coefficient (Wildman–Crippen LogP) is 3.23. The van der Waals surface area contributed by atoms with E-state index in [1.807, 2.05) is 0 Å². The Balaban J connectivity index is 1.26. The second-order valence-electron chi connectivity index (χ2n) is 8.40. The third-order valence-electron chi connectivity index (χ3n) is 6.32. The maximum atomic E-state index is 12.6. The molecular weight excluding hydrogens is 324 g/mol. The van der Waals surface area contributed by atoms with Crippen LogP contribution in [0.3, 0.4) is 0 Å². The summed E-state index contributed by atoms with van der Waals surface area (Å²) in [4.78, 5) is 12.6. The number of ether oxygens (including phenoxy) is 1. The molecule has 1 amide bonds. The van der Waals surface area contributed by atoms with Crippen LogP contribution in [0.2, 0.25) is 0 Å². The highest BCUT2D eigenvalue weighted by Gasteiger charge is 2.29. The first-order valence-electron chi connectivity index (χ1n) is 10.5. The second-order valence-corrected chi connectivity index (χ2v) is 8.40. The molecule has 0 aromatic heterocycles. The molecule has 1 aliphatic heterocycles. The van der Waals surface area contributed by atoms with Crippen molar-refractivity contribution in [2.75, 3.05) is 19.7 Å². The summed E-state index contributed by atoms with van der Waals surface area (Å²) in [6.07, 6.45) is 10.7. The van der Waals surface area contributed by atoms with Crippen LogP contribution in [0.5, 0.6) is 5.75 Å². The van der Waals surface area contributed by atoms with Gasteiger partial charge in [0.15, 0.2) is 0 Å². The van der Waals surface area contributed by atoms with Gasteiger partial charge in [-0.3, -0.25) is 4.79 Å². The molecule has 0 spiro atoms. The van der Waals surface area contributed by atoms with Gasteiger partial charge in [0.05, 0.1) is 12.5 Å². The monoisotopic (exact) mass is 356 g/mol. The molecule has 2 aliphatic carbocycles. The summed E-state index contributed by atoms with van der Waals surface area (Å²) in [5.74, 6) is 1.71. The molecule has 26 heavy (non-hydrogen) atoms. The lowest BCUT2D eigenvalue weighted by molar-refractivity contribution is -0.127. The number of piperidine rings is 1. The minimum atomic E-state index is 0.0827. The zero-order valence-electron chi connectivity index (χ0n) is 15.8. The van der Waals surface area contributed by atoms with Crippen molar-refractivity contribution in [3.05, 3.63) is 29.3 Å². The van der Waals surface area contributed by atoms with Crippen molar-refractivity contribution in [3.8, 4) is 5.75 Å². The smallest absolute Gasteiger partial charge is 0.224 e. The van der Waals surface area contributed by atoms with Gasteiger partial charge in [-0.15, -0.1) is 0 Å². The number of carbonyl (C=O) groups excluding carboxylic acids is 1. The molecule has 1 saturated carbocycles. The highest BCUT2D eigenvalue weighted by molar-refractivity contribution is 5.79. The van der Waals surface area contributed by atoms with Gasteiger partial charge in [-0.25, -0.2) is 0 Å². The fourth-order valence-electron chi connectivity index (χ4n) is 4.78. The van der Waals surface area contributed by atoms with Gasteiger partial charge >= 0.3 is 0 Å². The number of fused-ring (bicyclic) bond motifs is 1. The maximum absolute atomic E-state index is 12.6. The summed E-state index contributed by atoms with van der Waals surface area (Å²) in [5, 5.41) is 6.73. The number of nitrogens with one attached hydrogen (secondary N) is 2. The Labute approximate surface area is 157 Å². The average molecular weight is 357 g/mol. The van der Waals surface area contributed by atoms with Crippen LogP contribution in [-0.4, -0.2) is 31.6 Å². The predicted molar refractivity (Wildman–Crippen MR) is 103 cm³/mol. The van der Waals surface area contributed by atoms with Crippen molar-refractivity contribution in [2.24, 2.45) is 11.8 Å². The number of benzene rings is 1. The van der Waals surface area contributed by atoms with E-state index in [9.17, 15) is 4.79 Å². The largest absolute Gasteiger partial charge is 0.493 e. The first-order valence-corrected chi connectivity index (χ1v) is 10.5. The van der Waals surface area contributed by atoms with Gasteiger partial charge in [0, 0.05) is 25.0 Å². The van der Waals surface area contributed by atoms with Crippen molar-refractivity contribution in [1.29, 1.82) is 0 Å². The molecule has 2 N–H and O–H groups in total. The molecule has 1 aromatic rings. The highest BCUT2D eigenvalue weighted by Crippen LogP contribution is 2.27. The standard InChI is InChI=1S/C22H32N2O2/c25-22(24-20-7-2-1-3-8-20)19-11-16(13-23-14-19)15-26-21-10-9-17-5-4-6-18(17)12-21/h9-10,12,16,19-20,23H,1-8,11,13-15H2,(H,24,25)/t16-,19+/m0/s1. The van der Waals surface area contributed by atoms with Crippen LogP contribution in [0.25, 0.3) is 0 Å². The van der Waals surface area contributed by atoms with E-state index >= 15 is 0 Å². The SMILES string of the molecule is O=C(NC1CCCCC1)[C@H]1CNC[C@@H](COc2ccc3c(c2)CCC3)C1. The van der Waals surface area contributed by atoms with Crippen LogP contribution in [-0.2, 0) is 17.6 Å². The van der Waals surface area contributed by atoms with Gasteiger partial charge in [0.1, 0.15) is 5.75 Å². The molecule has 4 nitrogen and oxygen atoms in total. The Bertz CT molecular complexity index is 625. The van der Waals surface area contributed by atoms with Crippen molar-refractivity contribution in [1.82, 2.24) is 10.6 Å². The Morgan fingerprint density at radius 2 is 1.92 bits per heavy atom. The summed E-state index contributed by atoms with van der Waals surface area (Å²) < 4.78 is 6.08. The van der Waals surface area contributed by atoms with E-state index < -0.39 is 0 Å². The molecule has 1 heterocycles. The molecule has 142 valence electrons. The van der Waals surface area contributed by atoms with E-state index in [-0.39, 0.29) is 11.8 Å². The van der Waals surface area contributed by atoms with Crippen LogP contribution in [0.15, 0.2) is 18.2 Å². The van der Waals surface area contributed by atoms with E-state index in [1.165, 1.54) is 49.7 Å². The Morgan fingerprint density at radius 1 is 1.08 bits per heavy atom. The highest BCUT2D eigenvalue weighted by atomic mass is 16.5. The third kappa shape index (κ3) is 4.40. The molecule has 1 aromatic carbocycles. The third-order valence-corrected chi connectivity index (χ3v) is 6.32. The molecule has 4 rings (SSSR count). The number of aryl methyl sites for hydroxylation is 2. The first kappa shape index (κ1) is 17.8. The van der Waals surface area contributed by atoms with Crippen LogP contribution >= 0.6 is 0 Å². The fraction of sp³-hybridized carbons (Fsp3) is 0.682. The number of rotatable bonds is 5. The van der Waals surface area contributed by atoms with Gasteiger partial charge in [-0.05, 0) is 61.8 Å². The summed E-state index contributed by atoms with van der Waals surface area (Å²) in [6.45, 7) is 2.44. The quantitative estimate of drug-likeness (QED) is 0.852. The first-order chi connectivity index (χ1) is 12.8. The lowest BCUT2D eigenvalue weighted by Gasteiger charge is -2.31. The summed E-state index contributed by atoms with van der Waals surface area (Å²) in [5.41, 5.74) is 2.94. The number of carbonyl (C=O) groups is 1. The fourth-order valence-corrected chi connectivity index (χ4v) is 4.78. The average Bonchev–Trinajstić information content (AvgIpc) is 3.15. The zero-order valence-corrected chi connectivity index (χ0v) is 15.8. The van der Waals surface area contributed by atoms with Crippen LogP contribution in [0.1, 0.15) is 56.1 Å². The summed E-state index contributed by atoms with van der Waals surface area (Å²) >= 11 is 0. The molecule has 2 fully saturated rings. The second kappa shape index (κ2) is 8.43. The van der Waals surface area contributed by atoms with Gasteiger partial charge in [-0.2, -0.15) is 0 Å². The van der Waals surface area contributed by atoms with Gasteiger partial charge in [0.25, 0.3) is 0 Å². The Hall–Kier alpha value is -1.55. The van der Waals surface area contributed by atoms with E-state index in [2.05, 4.69) is 28.8 Å². The number of hydrogen-bond donors (Lipinski definition) is 2. The molecule has 4 heteroatoms. The molecule has 0 unspecified atom stereocenters. The maximum Gasteiger partial charge on any atom is 0.224 e. The normalized spacial score (nSPS) is 26.3. The number of amides is 1. The van der Waals surface area contributed by atoms with Crippen molar-refractivity contribution < 1.29 is 9.53 Å². The molecule has 1 saturated heterocycles. The molecule has 0 bridgehead atoms. The van der Waals surface area contributed by atoms with E-state index in [4.69, 9.17) is 4.74 Å².